The molecule has 1 amide bonds. The second-order valence-electron chi connectivity index (χ2n) is 5.81. The van der Waals surface area contributed by atoms with Crippen LogP contribution in [0.15, 0.2) is 65.7 Å². The van der Waals surface area contributed by atoms with Gasteiger partial charge in [0.05, 0.1) is 6.33 Å². The molecule has 27 heavy (non-hydrogen) atoms. The molecule has 0 aliphatic heterocycles. The summed E-state index contributed by atoms with van der Waals surface area (Å²) >= 11 is 1.06. The Kier molecular flexibility index (Phi) is 4.47. The molecule has 6 nitrogen and oxygen atoms in total. The van der Waals surface area contributed by atoms with Gasteiger partial charge >= 0.3 is 0 Å². The first kappa shape index (κ1) is 17.0. The number of hydrogen-bond donors (Lipinski definition) is 1. The quantitative estimate of drug-likeness (QED) is 0.589. The van der Waals surface area contributed by atoms with E-state index in [1.807, 2.05) is 30.3 Å². The zero-order valence-electron chi connectivity index (χ0n) is 13.9. The summed E-state index contributed by atoms with van der Waals surface area (Å²) in [6.07, 6.45) is 1.33. The molecule has 0 spiro atoms. The van der Waals surface area contributed by atoms with Crippen molar-refractivity contribution in [2.24, 2.45) is 0 Å². The first-order valence-electron chi connectivity index (χ1n) is 8.07. The number of halogens is 1. The zero-order chi connectivity index (χ0) is 18.8. The standard InChI is InChI=1S/C19H13FN4O2S/c20-13-7-4-8-14(9-13)22-15(25)10-24-11-21-17-16(12-5-2-1-3-6-12)23-27-18(17)19(24)26/h1-9,11H,10H2,(H,22,25). The highest BCUT2D eigenvalue weighted by Gasteiger charge is 2.15. The van der Waals surface area contributed by atoms with Gasteiger partial charge in [0.25, 0.3) is 5.56 Å². The monoisotopic (exact) mass is 380 g/mol. The molecule has 4 aromatic rings. The Balaban J connectivity index is 1.61. The molecule has 0 aliphatic carbocycles. The lowest BCUT2D eigenvalue weighted by atomic mass is 10.1. The minimum atomic E-state index is -0.453. The smallest absolute Gasteiger partial charge is 0.273 e. The van der Waals surface area contributed by atoms with Crippen molar-refractivity contribution in [3.8, 4) is 11.3 Å². The summed E-state index contributed by atoms with van der Waals surface area (Å²) in [7, 11) is 0. The number of nitrogens with one attached hydrogen (secondary N) is 1. The van der Waals surface area contributed by atoms with Gasteiger partial charge in [0, 0.05) is 11.3 Å². The van der Waals surface area contributed by atoms with Crippen LogP contribution in [0.2, 0.25) is 0 Å². The van der Waals surface area contributed by atoms with E-state index in [9.17, 15) is 14.0 Å². The normalized spacial score (nSPS) is 10.9. The van der Waals surface area contributed by atoms with Crippen molar-refractivity contribution < 1.29 is 9.18 Å². The van der Waals surface area contributed by atoms with Gasteiger partial charge in [-0.05, 0) is 29.7 Å². The number of rotatable bonds is 4. The molecule has 2 aromatic carbocycles. The summed E-state index contributed by atoms with van der Waals surface area (Å²) in [5.41, 5.74) is 2.01. The molecule has 0 bridgehead atoms. The van der Waals surface area contributed by atoms with Crippen LogP contribution in [0.25, 0.3) is 21.5 Å². The molecular weight excluding hydrogens is 367 g/mol. The number of hydrogen-bond acceptors (Lipinski definition) is 5. The van der Waals surface area contributed by atoms with Gasteiger partial charge in [-0.1, -0.05) is 36.4 Å². The molecule has 2 aromatic heterocycles. The van der Waals surface area contributed by atoms with E-state index in [0.717, 1.165) is 17.1 Å². The van der Waals surface area contributed by atoms with E-state index >= 15 is 0 Å². The van der Waals surface area contributed by atoms with Crippen molar-refractivity contribution in [3.63, 3.8) is 0 Å². The van der Waals surface area contributed by atoms with E-state index in [4.69, 9.17) is 0 Å². The third-order valence-corrected chi connectivity index (χ3v) is 4.74. The first-order chi connectivity index (χ1) is 13.1. The summed E-state index contributed by atoms with van der Waals surface area (Å²) < 4.78 is 19.1. The Labute approximate surface area is 157 Å². The second-order valence-corrected chi connectivity index (χ2v) is 6.58. The van der Waals surface area contributed by atoms with Gasteiger partial charge in [-0.3, -0.25) is 14.2 Å². The van der Waals surface area contributed by atoms with Crippen LogP contribution in [0.3, 0.4) is 0 Å². The number of benzene rings is 2. The number of nitrogens with zero attached hydrogens (tertiary/aromatic N) is 3. The van der Waals surface area contributed by atoms with Crippen LogP contribution < -0.4 is 10.9 Å². The third-order valence-electron chi connectivity index (χ3n) is 3.92. The predicted molar refractivity (Wildman–Crippen MR) is 102 cm³/mol. The number of fused-ring (bicyclic) bond motifs is 1. The molecule has 0 fully saturated rings. The van der Waals surface area contributed by atoms with Crippen molar-refractivity contribution in [1.82, 2.24) is 13.9 Å². The number of amides is 1. The molecule has 0 atom stereocenters. The molecule has 1 N–H and O–H groups in total. The van der Waals surface area contributed by atoms with Gasteiger partial charge in [0.2, 0.25) is 5.91 Å². The fourth-order valence-corrected chi connectivity index (χ4v) is 3.48. The van der Waals surface area contributed by atoms with Gasteiger partial charge < -0.3 is 5.32 Å². The Morgan fingerprint density at radius 2 is 1.96 bits per heavy atom. The van der Waals surface area contributed by atoms with Crippen LogP contribution in [0, 0.1) is 5.82 Å². The lowest BCUT2D eigenvalue weighted by Gasteiger charge is -2.07. The van der Waals surface area contributed by atoms with Crippen molar-refractivity contribution in [1.29, 1.82) is 0 Å². The minimum absolute atomic E-state index is 0.225. The van der Waals surface area contributed by atoms with Crippen LogP contribution in [0.5, 0.6) is 0 Å². The lowest BCUT2D eigenvalue weighted by molar-refractivity contribution is -0.116. The Bertz CT molecular complexity index is 1190. The molecule has 0 saturated carbocycles. The summed E-state index contributed by atoms with van der Waals surface area (Å²) in [4.78, 5) is 29.2. The van der Waals surface area contributed by atoms with Gasteiger partial charge in [-0.15, -0.1) is 0 Å². The SMILES string of the molecule is O=C(Cn1cnc2c(-c3ccccc3)nsc2c1=O)Nc1cccc(F)c1. The Morgan fingerprint density at radius 3 is 2.74 bits per heavy atom. The highest BCUT2D eigenvalue weighted by atomic mass is 32.1. The van der Waals surface area contributed by atoms with E-state index in [1.54, 1.807) is 6.07 Å². The van der Waals surface area contributed by atoms with Crippen LogP contribution in [-0.4, -0.2) is 19.8 Å². The van der Waals surface area contributed by atoms with E-state index in [1.165, 1.54) is 29.1 Å². The number of anilines is 1. The highest BCUT2D eigenvalue weighted by Crippen LogP contribution is 2.26. The minimum Gasteiger partial charge on any atom is -0.324 e. The molecule has 2 heterocycles. The van der Waals surface area contributed by atoms with Crippen molar-refractivity contribution in [3.05, 3.63) is 77.1 Å². The number of carbonyl (C=O) groups excluding carboxylic acids is 1. The zero-order valence-corrected chi connectivity index (χ0v) is 14.7. The summed E-state index contributed by atoms with van der Waals surface area (Å²) in [6.45, 7) is -0.225. The van der Waals surface area contributed by atoms with Crippen LogP contribution in [-0.2, 0) is 11.3 Å². The summed E-state index contributed by atoms with van der Waals surface area (Å²) in [5.74, 6) is -0.900. The average Bonchev–Trinajstić information content (AvgIpc) is 3.09. The van der Waals surface area contributed by atoms with Crippen molar-refractivity contribution in [2.75, 3.05) is 5.32 Å². The van der Waals surface area contributed by atoms with Crippen LogP contribution >= 0.6 is 11.5 Å². The number of aromatic nitrogens is 3. The summed E-state index contributed by atoms with van der Waals surface area (Å²) in [5, 5.41) is 2.56. The van der Waals surface area contributed by atoms with Crippen LogP contribution in [0.4, 0.5) is 10.1 Å². The predicted octanol–water partition coefficient (Wildman–Crippen LogP) is 3.30. The van der Waals surface area contributed by atoms with Gasteiger partial charge in [0.15, 0.2) is 0 Å². The summed E-state index contributed by atoms with van der Waals surface area (Å²) in [6, 6.07) is 15.0. The maximum Gasteiger partial charge on any atom is 0.273 e. The number of carbonyl (C=O) groups is 1. The topological polar surface area (TPSA) is 76.9 Å². The maximum absolute atomic E-state index is 13.2. The first-order valence-corrected chi connectivity index (χ1v) is 8.85. The van der Waals surface area contributed by atoms with Gasteiger partial charge in [0.1, 0.15) is 28.3 Å². The van der Waals surface area contributed by atoms with E-state index in [2.05, 4.69) is 14.7 Å². The Morgan fingerprint density at radius 1 is 1.15 bits per heavy atom. The van der Waals surface area contributed by atoms with E-state index < -0.39 is 11.7 Å². The lowest BCUT2D eigenvalue weighted by Crippen LogP contribution is -2.27. The molecule has 0 radical (unpaired) electrons. The van der Waals surface area contributed by atoms with E-state index in [-0.39, 0.29) is 12.1 Å². The molecular formula is C19H13FN4O2S. The molecule has 0 aliphatic rings. The van der Waals surface area contributed by atoms with Gasteiger partial charge in [-0.25, -0.2) is 9.37 Å². The third kappa shape index (κ3) is 3.47. The second kappa shape index (κ2) is 7.08. The molecule has 8 heteroatoms. The molecule has 134 valence electrons. The van der Waals surface area contributed by atoms with Crippen LogP contribution in [0.1, 0.15) is 0 Å². The maximum atomic E-state index is 13.2. The van der Waals surface area contributed by atoms with Gasteiger partial charge in [-0.2, -0.15) is 4.37 Å². The molecule has 0 unspecified atom stereocenters. The van der Waals surface area contributed by atoms with Crippen molar-refractivity contribution >= 4 is 33.3 Å². The van der Waals surface area contributed by atoms with E-state index in [0.29, 0.717) is 21.6 Å². The fourth-order valence-electron chi connectivity index (χ4n) is 2.68. The molecule has 4 rings (SSSR count). The highest BCUT2D eigenvalue weighted by molar-refractivity contribution is 7.13. The fraction of sp³-hybridized carbons (Fsp3) is 0.0526. The van der Waals surface area contributed by atoms with Crippen molar-refractivity contribution in [2.45, 2.75) is 6.54 Å². The molecule has 0 saturated heterocycles. The average molecular weight is 380 g/mol. The largest absolute Gasteiger partial charge is 0.324 e. The Hall–Kier alpha value is -3.39.